The Kier molecular flexibility index (Phi) is 6.28. The number of hydrogen-bond acceptors (Lipinski definition) is 8. The number of anilines is 1. The number of rotatable bonds is 8. The molecule has 3 rings (SSSR count). The third-order valence-corrected chi connectivity index (χ3v) is 4.65. The van der Waals surface area contributed by atoms with Crippen LogP contribution >= 0.6 is 0 Å². The molecular formula is C19H17N5O8. The predicted octanol–water partition coefficient (Wildman–Crippen LogP) is 2.32. The van der Waals surface area contributed by atoms with E-state index in [0.717, 1.165) is 23.1 Å². The van der Waals surface area contributed by atoms with Crippen molar-refractivity contribution in [2.45, 2.75) is 6.42 Å². The standard InChI is InChI=1S/C19H17N5O8/c1-32-16-6-4-12(24(30)31)10-15(16)21-19(27)20-7-2-8-22-17(25)13-5-3-11(23(28)29)9-14(13)18(22)26/h3-6,9-10H,2,7-8H2,1H3,(H2,20,21,27). The Balaban J connectivity index is 1.54. The highest BCUT2D eigenvalue weighted by molar-refractivity contribution is 6.21. The molecule has 0 radical (unpaired) electrons. The molecule has 1 aliphatic rings. The van der Waals surface area contributed by atoms with Crippen molar-refractivity contribution in [3.63, 3.8) is 0 Å². The molecule has 1 heterocycles. The number of hydrogen-bond donors (Lipinski definition) is 2. The van der Waals surface area contributed by atoms with Gasteiger partial charge < -0.3 is 15.4 Å². The first-order chi connectivity index (χ1) is 15.2. The Morgan fingerprint density at radius 2 is 1.62 bits per heavy atom. The number of non-ortho nitro benzene ring substituents is 2. The number of carbonyl (C=O) groups excluding carboxylic acids is 3. The fraction of sp³-hybridized carbons (Fsp3) is 0.211. The minimum atomic E-state index is -0.665. The highest BCUT2D eigenvalue weighted by Crippen LogP contribution is 2.29. The summed E-state index contributed by atoms with van der Waals surface area (Å²) in [7, 11) is 1.35. The lowest BCUT2D eigenvalue weighted by Crippen LogP contribution is -2.35. The first-order valence-corrected chi connectivity index (χ1v) is 9.25. The Bertz CT molecular complexity index is 1130. The quantitative estimate of drug-likeness (QED) is 0.270. The average Bonchev–Trinajstić information content (AvgIpc) is 3.00. The maximum absolute atomic E-state index is 12.4. The minimum Gasteiger partial charge on any atom is -0.495 e. The highest BCUT2D eigenvalue weighted by Gasteiger charge is 2.36. The van der Waals surface area contributed by atoms with Crippen LogP contribution in [0.2, 0.25) is 0 Å². The Labute approximate surface area is 180 Å². The van der Waals surface area contributed by atoms with Gasteiger partial charge in [-0.25, -0.2) is 4.79 Å². The first-order valence-electron chi connectivity index (χ1n) is 9.25. The van der Waals surface area contributed by atoms with Gasteiger partial charge in [-0.3, -0.25) is 34.7 Å². The van der Waals surface area contributed by atoms with Gasteiger partial charge in [-0.1, -0.05) is 0 Å². The second kappa shape index (κ2) is 9.07. The molecule has 2 aromatic rings. The summed E-state index contributed by atoms with van der Waals surface area (Å²) in [6, 6.07) is 6.53. The summed E-state index contributed by atoms with van der Waals surface area (Å²) in [5.41, 5.74) is -0.369. The summed E-state index contributed by atoms with van der Waals surface area (Å²) in [5.74, 6) is -0.976. The molecule has 32 heavy (non-hydrogen) atoms. The van der Waals surface area contributed by atoms with E-state index in [2.05, 4.69) is 10.6 Å². The molecule has 166 valence electrons. The molecule has 0 aromatic heterocycles. The number of nitrogens with zero attached hydrogens (tertiary/aromatic N) is 3. The maximum atomic E-state index is 12.4. The Morgan fingerprint density at radius 1 is 1.00 bits per heavy atom. The second-order valence-corrected chi connectivity index (χ2v) is 6.63. The Hall–Kier alpha value is -4.55. The van der Waals surface area contributed by atoms with E-state index in [9.17, 15) is 34.6 Å². The van der Waals surface area contributed by atoms with Gasteiger partial charge >= 0.3 is 6.03 Å². The van der Waals surface area contributed by atoms with Gasteiger partial charge in [-0.15, -0.1) is 0 Å². The lowest BCUT2D eigenvalue weighted by atomic mass is 10.1. The molecule has 0 spiro atoms. The zero-order valence-electron chi connectivity index (χ0n) is 16.7. The Morgan fingerprint density at radius 3 is 2.28 bits per heavy atom. The minimum absolute atomic E-state index is 0.0133. The number of benzene rings is 2. The molecule has 2 N–H and O–H groups in total. The molecule has 4 amide bonds. The van der Waals surface area contributed by atoms with Crippen LogP contribution in [-0.2, 0) is 0 Å². The lowest BCUT2D eigenvalue weighted by Gasteiger charge is -2.14. The largest absolute Gasteiger partial charge is 0.495 e. The van der Waals surface area contributed by atoms with Crippen molar-refractivity contribution in [2.75, 3.05) is 25.5 Å². The topological polar surface area (TPSA) is 174 Å². The maximum Gasteiger partial charge on any atom is 0.319 e. The van der Waals surface area contributed by atoms with E-state index >= 15 is 0 Å². The predicted molar refractivity (Wildman–Crippen MR) is 110 cm³/mol. The van der Waals surface area contributed by atoms with Crippen molar-refractivity contribution in [1.29, 1.82) is 0 Å². The molecule has 13 heteroatoms. The zero-order chi connectivity index (χ0) is 23.4. The number of urea groups is 1. The number of ether oxygens (including phenoxy) is 1. The van der Waals surface area contributed by atoms with Crippen molar-refractivity contribution in [3.8, 4) is 5.75 Å². The lowest BCUT2D eigenvalue weighted by molar-refractivity contribution is -0.385. The van der Waals surface area contributed by atoms with E-state index in [1.165, 1.54) is 25.3 Å². The molecule has 0 aliphatic carbocycles. The molecule has 0 fully saturated rings. The van der Waals surface area contributed by atoms with Crippen molar-refractivity contribution in [2.24, 2.45) is 0 Å². The molecule has 0 unspecified atom stereocenters. The monoisotopic (exact) mass is 443 g/mol. The van der Waals surface area contributed by atoms with Crippen molar-refractivity contribution in [1.82, 2.24) is 10.2 Å². The van der Waals surface area contributed by atoms with Crippen molar-refractivity contribution < 1.29 is 29.0 Å². The summed E-state index contributed by atoms with van der Waals surface area (Å²) in [6.45, 7) is 0.0666. The molecule has 2 aromatic carbocycles. The highest BCUT2D eigenvalue weighted by atomic mass is 16.6. The van der Waals surface area contributed by atoms with E-state index in [-0.39, 0.29) is 53.4 Å². The summed E-state index contributed by atoms with van der Waals surface area (Å²) in [6.07, 6.45) is 0.215. The molecule has 0 saturated carbocycles. The normalized spacial score (nSPS) is 12.3. The van der Waals surface area contributed by atoms with Gasteiger partial charge in [-0.2, -0.15) is 0 Å². The number of methoxy groups -OCH3 is 1. The van der Waals surface area contributed by atoms with E-state index in [0.29, 0.717) is 0 Å². The van der Waals surface area contributed by atoms with Crippen LogP contribution in [0, 0.1) is 20.2 Å². The summed E-state index contributed by atoms with van der Waals surface area (Å²) < 4.78 is 5.06. The van der Waals surface area contributed by atoms with Gasteiger partial charge in [0.15, 0.2) is 0 Å². The molecule has 13 nitrogen and oxygen atoms in total. The number of fused-ring (bicyclic) bond motifs is 1. The smallest absolute Gasteiger partial charge is 0.319 e. The SMILES string of the molecule is COc1ccc([N+](=O)[O-])cc1NC(=O)NCCCN1C(=O)c2ccc([N+](=O)[O-])cc2C1=O. The number of imide groups is 1. The number of amides is 4. The van der Waals surface area contributed by atoms with Crippen LogP contribution in [0.25, 0.3) is 0 Å². The van der Waals surface area contributed by atoms with Crippen LogP contribution in [0.5, 0.6) is 5.75 Å². The molecule has 0 atom stereocenters. The summed E-state index contributed by atoms with van der Waals surface area (Å²) in [5, 5.41) is 26.7. The summed E-state index contributed by atoms with van der Waals surface area (Å²) in [4.78, 5) is 58.4. The van der Waals surface area contributed by atoms with Gasteiger partial charge in [0.25, 0.3) is 23.2 Å². The van der Waals surface area contributed by atoms with Gasteiger partial charge in [-0.05, 0) is 18.6 Å². The van der Waals surface area contributed by atoms with E-state index < -0.39 is 27.7 Å². The average molecular weight is 443 g/mol. The third kappa shape index (κ3) is 4.45. The zero-order valence-corrected chi connectivity index (χ0v) is 16.7. The van der Waals surface area contributed by atoms with Crippen LogP contribution in [0.1, 0.15) is 27.1 Å². The van der Waals surface area contributed by atoms with Crippen molar-refractivity contribution in [3.05, 3.63) is 67.8 Å². The van der Waals surface area contributed by atoms with Crippen LogP contribution in [0.4, 0.5) is 21.9 Å². The van der Waals surface area contributed by atoms with Crippen LogP contribution in [0.3, 0.4) is 0 Å². The van der Waals surface area contributed by atoms with Gasteiger partial charge in [0.1, 0.15) is 5.75 Å². The number of carbonyl (C=O) groups is 3. The first kappa shape index (κ1) is 22.1. The van der Waals surface area contributed by atoms with Gasteiger partial charge in [0, 0.05) is 37.4 Å². The third-order valence-electron chi connectivity index (χ3n) is 4.65. The van der Waals surface area contributed by atoms with Gasteiger partial charge in [0.2, 0.25) is 0 Å². The number of nitrogens with one attached hydrogen (secondary N) is 2. The molecule has 0 bridgehead atoms. The molecular weight excluding hydrogens is 426 g/mol. The van der Waals surface area contributed by atoms with E-state index in [1.54, 1.807) is 0 Å². The van der Waals surface area contributed by atoms with Gasteiger partial charge in [0.05, 0.1) is 33.8 Å². The van der Waals surface area contributed by atoms with Crippen LogP contribution in [-0.4, -0.2) is 52.8 Å². The number of nitro benzene ring substituents is 2. The number of nitro groups is 2. The fourth-order valence-corrected chi connectivity index (χ4v) is 3.11. The molecule has 1 aliphatic heterocycles. The van der Waals surface area contributed by atoms with E-state index in [1.807, 2.05) is 0 Å². The molecule has 0 saturated heterocycles. The fourth-order valence-electron chi connectivity index (χ4n) is 3.11. The van der Waals surface area contributed by atoms with Crippen LogP contribution < -0.4 is 15.4 Å². The summed E-state index contributed by atoms with van der Waals surface area (Å²) >= 11 is 0. The van der Waals surface area contributed by atoms with Crippen molar-refractivity contribution >= 4 is 34.9 Å². The second-order valence-electron chi connectivity index (χ2n) is 6.63. The van der Waals surface area contributed by atoms with E-state index in [4.69, 9.17) is 4.74 Å². The van der Waals surface area contributed by atoms with Crippen LogP contribution in [0.15, 0.2) is 36.4 Å².